The fraction of sp³-hybridized carbons (Fsp3) is 0.889. The molecule has 0 bridgehead atoms. The van der Waals surface area contributed by atoms with E-state index in [-0.39, 0.29) is 0 Å². The lowest BCUT2D eigenvalue weighted by Crippen LogP contribution is -2.41. The summed E-state index contributed by atoms with van der Waals surface area (Å²) in [6.45, 7) is 7.99. The Morgan fingerprint density at radius 1 is 1.50 bits per heavy atom. The monoisotopic (exact) mass is 170 g/mol. The molecule has 0 aromatic heterocycles. The maximum Gasteiger partial charge on any atom is 0.180 e. The molecule has 0 aromatic rings. The molecule has 0 spiro atoms. The van der Waals surface area contributed by atoms with Crippen LogP contribution < -0.4 is 5.32 Å². The number of aliphatic imine (C=N–C) groups is 1. The Kier molecular flexibility index (Phi) is 3.53. The molecule has 2 aliphatic heterocycles. The highest BCUT2D eigenvalue weighted by Gasteiger charge is 2.30. The maximum absolute atomic E-state index is 5.48. The normalized spacial score (nSPS) is 32.4. The first-order valence-electron chi connectivity index (χ1n) is 4.78. The van der Waals surface area contributed by atoms with Crippen LogP contribution in [0.15, 0.2) is 4.99 Å². The van der Waals surface area contributed by atoms with Gasteiger partial charge in [-0.05, 0) is 13.0 Å². The molecule has 0 amide bonds. The number of fused-ring (bicyclic) bond motifs is 1. The molecular formula is C9H18N2O. The van der Waals surface area contributed by atoms with Crippen LogP contribution in [-0.4, -0.2) is 31.1 Å². The Labute approximate surface area is 74.2 Å². The highest BCUT2D eigenvalue weighted by molar-refractivity contribution is 5.75. The van der Waals surface area contributed by atoms with Crippen molar-refractivity contribution in [2.24, 2.45) is 4.99 Å². The second-order valence-corrected chi connectivity index (χ2v) is 2.86. The fourth-order valence-corrected chi connectivity index (χ4v) is 1.57. The van der Waals surface area contributed by atoms with Gasteiger partial charge in [0.1, 0.15) is 12.1 Å². The molecule has 1 fully saturated rings. The molecule has 3 heteroatoms. The minimum atomic E-state index is 0.376. The van der Waals surface area contributed by atoms with E-state index in [1.54, 1.807) is 0 Å². The van der Waals surface area contributed by atoms with E-state index in [1.807, 2.05) is 20.8 Å². The SMILES string of the molecule is CC.CC1=NC2CNCCC2O1. The van der Waals surface area contributed by atoms with Gasteiger partial charge in [-0.3, -0.25) is 0 Å². The molecule has 0 aromatic carbocycles. The van der Waals surface area contributed by atoms with Gasteiger partial charge in [-0.25, -0.2) is 4.99 Å². The van der Waals surface area contributed by atoms with Crippen molar-refractivity contribution < 1.29 is 4.74 Å². The van der Waals surface area contributed by atoms with Gasteiger partial charge in [-0.15, -0.1) is 0 Å². The number of piperidine rings is 1. The van der Waals surface area contributed by atoms with Gasteiger partial charge in [-0.1, -0.05) is 13.8 Å². The number of nitrogens with zero attached hydrogens (tertiary/aromatic N) is 1. The summed E-state index contributed by atoms with van der Waals surface area (Å²) in [4.78, 5) is 4.34. The first-order chi connectivity index (χ1) is 5.86. The Balaban J connectivity index is 0.000000336. The number of ether oxygens (including phenoxy) is 1. The predicted molar refractivity (Wildman–Crippen MR) is 50.6 cm³/mol. The average molecular weight is 170 g/mol. The van der Waals surface area contributed by atoms with Crippen molar-refractivity contribution in [2.45, 2.75) is 39.3 Å². The topological polar surface area (TPSA) is 33.6 Å². The van der Waals surface area contributed by atoms with E-state index in [9.17, 15) is 0 Å². The second kappa shape index (κ2) is 4.45. The van der Waals surface area contributed by atoms with E-state index in [1.165, 1.54) is 0 Å². The summed E-state index contributed by atoms with van der Waals surface area (Å²) in [6.07, 6.45) is 1.48. The Morgan fingerprint density at radius 3 is 2.92 bits per heavy atom. The van der Waals surface area contributed by atoms with Gasteiger partial charge in [0.2, 0.25) is 0 Å². The van der Waals surface area contributed by atoms with Gasteiger partial charge < -0.3 is 10.1 Å². The van der Waals surface area contributed by atoms with Crippen molar-refractivity contribution in [3.63, 3.8) is 0 Å². The highest BCUT2D eigenvalue weighted by atomic mass is 16.5. The zero-order valence-electron chi connectivity index (χ0n) is 8.13. The second-order valence-electron chi connectivity index (χ2n) is 2.86. The largest absolute Gasteiger partial charge is 0.476 e. The van der Waals surface area contributed by atoms with Crippen molar-refractivity contribution in [1.29, 1.82) is 0 Å². The van der Waals surface area contributed by atoms with Gasteiger partial charge >= 0.3 is 0 Å². The quantitative estimate of drug-likeness (QED) is 0.592. The molecular weight excluding hydrogens is 152 g/mol. The van der Waals surface area contributed by atoms with Crippen LogP contribution in [0.4, 0.5) is 0 Å². The standard InChI is InChI=1S/C7H12N2O.C2H6/c1-5-9-6-4-8-3-2-7(6)10-5;1-2/h6-8H,2-4H2,1H3;1-2H3. The van der Waals surface area contributed by atoms with Crippen LogP contribution in [0.1, 0.15) is 27.2 Å². The third-order valence-electron chi connectivity index (χ3n) is 2.06. The smallest absolute Gasteiger partial charge is 0.180 e. The molecule has 3 nitrogen and oxygen atoms in total. The number of hydrogen-bond acceptors (Lipinski definition) is 3. The first kappa shape index (κ1) is 9.52. The lowest BCUT2D eigenvalue weighted by atomic mass is 10.1. The van der Waals surface area contributed by atoms with Gasteiger partial charge in [0, 0.05) is 13.5 Å². The average Bonchev–Trinajstić information content (AvgIpc) is 2.48. The van der Waals surface area contributed by atoms with Crippen LogP contribution in [0.5, 0.6) is 0 Å². The number of hydrogen-bond donors (Lipinski definition) is 1. The Hall–Kier alpha value is -0.570. The molecule has 2 unspecified atom stereocenters. The molecule has 0 saturated carbocycles. The van der Waals surface area contributed by atoms with Crippen LogP contribution in [0.2, 0.25) is 0 Å². The molecule has 1 N–H and O–H groups in total. The molecule has 12 heavy (non-hydrogen) atoms. The third kappa shape index (κ3) is 1.97. The Morgan fingerprint density at radius 2 is 2.25 bits per heavy atom. The summed E-state index contributed by atoms with van der Waals surface area (Å²) in [5.41, 5.74) is 0. The highest BCUT2D eigenvalue weighted by Crippen LogP contribution is 2.18. The van der Waals surface area contributed by atoms with Crippen molar-refractivity contribution in [2.75, 3.05) is 13.1 Å². The van der Waals surface area contributed by atoms with E-state index in [4.69, 9.17) is 4.74 Å². The molecule has 70 valence electrons. The van der Waals surface area contributed by atoms with Gasteiger partial charge in [0.25, 0.3) is 0 Å². The summed E-state index contributed by atoms with van der Waals surface area (Å²) in [5, 5.41) is 3.29. The van der Waals surface area contributed by atoms with E-state index >= 15 is 0 Å². The van der Waals surface area contributed by atoms with Crippen LogP contribution in [-0.2, 0) is 4.74 Å². The van der Waals surface area contributed by atoms with E-state index < -0.39 is 0 Å². The van der Waals surface area contributed by atoms with Crippen molar-refractivity contribution in [1.82, 2.24) is 5.32 Å². The summed E-state index contributed by atoms with van der Waals surface area (Å²) in [7, 11) is 0. The predicted octanol–water partition coefficient (Wildman–Crippen LogP) is 1.19. The van der Waals surface area contributed by atoms with Crippen LogP contribution >= 0.6 is 0 Å². The summed E-state index contributed by atoms with van der Waals surface area (Å²) < 4.78 is 5.48. The molecule has 0 radical (unpaired) electrons. The molecule has 0 aliphatic carbocycles. The van der Waals surface area contributed by atoms with Gasteiger partial charge in [0.15, 0.2) is 5.90 Å². The molecule has 2 atom stereocenters. The summed E-state index contributed by atoms with van der Waals surface area (Å²) >= 11 is 0. The minimum Gasteiger partial charge on any atom is -0.476 e. The lowest BCUT2D eigenvalue weighted by Gasteiger charge is -2.22. The van der Waals surface area contributed by atoms with E-state index in [0.29, 0.717) is 12.1 Å². The minimum absolute atomic E-state index is 0.376. The first-order valence-corrected chi connectivity index (χ1v) is 4.78. The maximum atomic E-state index is 5.48. The zero-order valence-corrected chi connectivity index (χ0v) is 8.13. The Bertz CT molecular complexity index is 168. The molecule has 2 rings (SSSR count). The lowest BCUT2D eigenvalue weighted by molar-refractivity contribution is 0.159. The summed E-state index contributed by atoms with van der Waals surface area (Å²) in [5.74, 6) is 0.860. The molecule has 2 heterocycles. The fourth-order valence-electron chi connectivity index (χ4n) is 1.57. The van der Waals surface area contributed by atoms with Crippen LogP contribution in [0.25, 0.3) is 0 Å². The summed E-state index contributed by atoms with van der Waals surface area (Å²) in [6, 6.07) is 0.397. The van der Waals surface area contributed by atoms with Gasteiger partial charge in [0.05, 0.1) is 0 Å². The molecule has 1 saturated heterocycles. The molecule has 2 aliphatic rings. The van der Waals surface area contributed by atoms with E-state index in [2.05, 4.69) is 10.3 Å². The van der Waals surface area contributed by atoms with E-state index in [0.717, 1.165) is 25.4 Å². The third-order valence-corrected chi connectivity index (χ3v) is 2.06. The number of nitrogens with one attached hydrogen (secondary N) is 1. The number of rotatable bonds is 0. The van der Waals surface area contributed by atoms with Gasteiger partial charge in [-0.2, -0.15) is 0 Å². The van der Waals surface area contributed by atoms with Crippen molar-refractivity contribution >= 4 is 5.90 Å². The zero-order chi connectivity index (χ0) is 8.97. The van der Waals surface area contributed by atoms with Crippen LogP contribution in [0, 0.1) is 0 Å². The van der Waals surface area contributed by atoms with Crippen molar-refractivity contribution in [3.8, 4) is 0 Å². The van der Waals surface area contributed by atoms with Crippen molar-refractivity contribution in [3.05, 3.63) is 0 Å². The van der Waals surface area contributed by atoms with Crippen LogP contribution in [0.3, 0.4) is 0 Å².